The number of nitrogens with zero attached hydrogens (tertiary/aromatic N) is 2. The molecule has 0 heterocycles. The van der Waals surface area contributed by atoms with Crippen molar-refractivity contribution in [1.29, 1.82) is 0 Å². The highest BCUT2D eigenvalue weighted by Crippen LogP contribution is 2.20. The van der Waals surface area contributed by atoms with E-state index in [4.69, 9.17) is 11.6 Å². The SMILES string of the molecule is CN(CCCCl)S(=O)(=O)N(C)CCC(F)(F)F. The summed E-state index contributed by atoms with van der Waals surface area (Å²) >= 11 is 5.41. The van der Waals surface area contributed by atoms with Crippen LogP contribution in [0.5, 0.6) is 0 Å². The number of rotatable bonds is 7. The third kappa shape index (κ3) is 6.44. The van der Waals surface area contributed by atoms with Gasteiger partial charge in [-0.2, -0.15) is 30.2 Å². The fourth-order valence-electron chi connectivity index (χ4n) is 1.04. The number of hydrogen-bond donors (Lipinski definition) is 0. The second-order valence-corrected chi connectivity index (χ2v) is 6.08. The first-order chi connectivity index (χ1) is 7.61. The molecule has 0 atom stereocenters. The van der Waals surface area contributed by atoms with Crippen LogP contribution in [0.3, 0.4) is 0 Å². The van der Waals surface area contributed by atoms with Crippen molar-refractivity contribution in [1.82, 2.24) is 8.61 Å². The standard InChI is InChI=1S/C8H16ClF3N2O2S/c1-13(6-3-5-9)17(15,16)14(2)7-4-8(10,11)12/h3-7H2,1-2H3. The van der Waals surface area contributed by atoms with Crippen LogP contribution in [0, 0.1) is 0 Å². The quantitative estimate of drug-likeness (QED) is 0.671. The van der Waals surface area contributed by atoms with Crippen LogP contribution < -0.4 is 0 Å². The summed E-state index contributed by atoms with van der Waals surface area (Å²) in [6.07, 6.45) is -5.07. The van der Waals surface area contributed by atoms with Crippen molar-refractivity contribution < 1.29 is 21.6 Å². The smallest absolute Gasteiger partial charge is 0.195 e. The van der Waals surface area contributed by atoms with Crippen LogP contribution in [-0.2, 0) is 10.2 Å². The Morgan fingerprint density at radius 1 is 1.12 bits per heavy atom. The fourth-order valence-corrected chi connectivity index (χ4v) is 2.31. The highest BCUT2D eigenvalue weighted by Gasteiger charge is 2.31. The van der Waals surface area contributed by atoms with Crippen molar-refractivity contribution in [2.24, 2.45) is 0 Å². The molecule has 0 saturated carbocycles. The Balaban J connectivity index is 4.39. The minimum atomic E-state index is -4.36. The average molecular weight is 297 g/mol. The Bertz CT molecular complexity index is 321. The lowest BCUT2D eigenvalue weighted by atomic mass is 10.4. The summed E-state index contributed by atoms with van der Waals surface area (Å²) in [4.78, 5) is 0. The molecule has 0 aliphatic heterocycles. The highest BCUT2D eigenvalue weighted by molar-refractivity contribution is 7.86. The van der Waals surface area contributed by atoms with Gasteiger partial charge in [-0.05, 0) is 6.42 Å². The van der Waals surface area contributed by atoms with Crippen molar-refractivity contribution in [2.45, 2.75) is 19.0 Å². The molecule has 4 nitrogen and oxygen atoms in total. The van der Waals surface area contributed by atoms with E-state index in [0.29, 0.717) is 16.6 Å². The molecule has 9 heteroatoms. The van der Waals surface area contributed by atoms with Gasteiger partial charge in [0, 0.05) is 33.1 Å². The van der Waals surface area contributed by atoms with Crippen LogP contribution in [0.15, 0.2) is 0 Å². The van der Waals surface area contributed by atoms with Gasteiger partial charge in [0.15, 0.2) is 0 Å². The molecule has 0 aliphatic carbocycles. The molecule has 0 radical (unpaired) electrons. The largest absolute Gasteiger partial charge is 0.390 e. The molecule has 0 rings (SSSR count). The molecule has 0 aromatic rings. The van der Waals surface area contributed by atoms with Gasteiger partial charge in [-0.1, -0.05) is 0 Å². The lowest BCUT2D eigenvalue weighted by Gasteiger charge is -2.24. The van der Waals surface area contributed by atoms with E-state index >= 15 is 0 Å². The van der Waals surface area contributed by atoms with Gasteiger partial charge in [-0.15, -0.1) is 11.6 Å². The minimum absolute atomic E-state index is 0.183. The van der Waals surface area contributed by atoms with Crippen molar-refractivity contribution in [3.8, 4) is 0 Å². The molecule has 0 aromatic heterocycles. The van der Waals surface area contributed by atoms with Gasteiger partial charge in [-0.25, -0.2) is 0 Å². The number of halogens is 4. The Morgan fingerprint density at radius 3 is 2.00 bits per heavy atom. The first kappa shape index (κ1) is 16.9. The monoisotopic (exact) mass is 296 g/mol. The third-order valence-corrected chi connectivity index (χ3v) is 4.31. The summed E-state index contributed by atoms with van der Waals surface area (Å²) in [6, 6.07) is 0. The third-order valence-electron chi connectivity index (χ3n) is 2.10. The molecule has 17 heavy (non-hydrogen) atoms. The van der Waals surface area contributed by atoms with Gasteiger partial charge in [0.05, 0.1) is 6.42 Å². The van der Waals surface area contributed by atoms with Gasteiger partial charge in [-0.3, -0.25) is 0 Å². The Hall–Kier alpha value is -0.0500. The van der Waals surface area contributed by atoms with Gasteiger partial charge in [0.25, 0.3) is 10.2 Å². The van der Waals surface area contributed by atoms with Crippen LogP contribution in [0.4, 0.5) is 13.2 Å². The van der Waals surface area contributed by atoms with E-state index in [0.717, 1.165) is 11.4 Å². The van der Waals surface area contributed by atoms with Crippen molar-refractivity contribution in [2.75, 3.05) is 33.1 Å². The topological polar surface area (TPSA) is 40.6 Å². The molecule has 0 fully saturated rings. The molecule has 0 spiro atoms. The van der Waals surface area contributed by atoms with E-state index < -0.39 is 29.4 Å². The summed E-state index contributed by atoms with van der Waals surface area (Å²) in [5, 5.41) is 0. The van der Waals surface area contributed by atoms with Crippen LogP contribution in [0.1, 0.15) is 12.8 Å². The maximum absolute atomic E-state index is 12.0. The predicted octanol–water partition coefficient (Wildman–Crippen LogP) is 1.68. The lowest BCUT2D eigenvalue weighted by Crippen LogP contribution is -2.41. The molecular formula is C8H16ClF3N2O2S. The summed E-state index contributed by atoms with van der Waals surface area (Å²) in [7, 11) is -1.39. The Kier molecular flexibility index (Phi) is 6.75. The van der Waals surface area contributed by atoms with Crippen LogP contribution in [0.2, 0.25) is 0 Å². The molecule has 0 aliphatic rings. The molecule has 104 valence electrons. The summed E-state index contributed by atoms with van der Waals surface area (Å²) in [6.45, 7) is -0.404. The molecule has 0 N–H and O–H groups in total. The van der Waals surface area contributed by atoms with Gasteiger partial charge >= 0.3 is 6.18 Å². The zero-order valence-corrected chi connectivity index (χ0v) is 11.2. The highest BCUT2D eigenvalue weighted by atomic mass is 35.5. The van der Waals surface area contributed by atoms with E-state index in [2.05, 4.69) is 0 Å². The van der Waals surface area contributed by atoms with Gasteiger partial charge in [0.2, 0.25) is 0 Å². The molecule has 0 aromatic carbocycles. The summed E-state index contributed by atoms with van der Waals surface area (Å²) in [5.74, 6) is 0.298. The predicted molar refractivity (Wildman–Crippen MR) is 60.2 cm³/mol. The van der Waals surface area contributed by atoms with Crippen molar-refractivity contribution >= 4 is 21.8 Å². The maximum Gasteiger partial charge on any atom is 0.390 e. The maximum atomic E-state index is 12.0. The zero-order chi connectivity index (χ0) is 13.7. The Morgan fingerprint density at radius 2 is 1.59 bits per heavy atom. The zero-order valence-electron chi connectivity index (χ0n) is 9.67. The summed E-state index contributed by atoms with van der Waals surface area (Å²) < 4.78 is 60.9. The minimum Gasteiger partial charge on any atom is -0.195 e. The van der Waals surface area contributed by atoms with E-state index in [9.17, 15) is 21.6 Å². The molecule has 0 unspecified atom stereocenters. The van der Waals surface area contributed by atoms with E-state index in [1.54, 1.807) is 0 Å². The lowest BCUT2D eigenvalue weighted by molar-refractivity contribution is -0.135. The second-order valence-electron chi connectivity index (χ2n) is 3.56. The van der Waals surface area contributed by atoms with E-state index in [-0.39, 0.29) is 6.54 Å². The summed E-state index contributed by atoms with van der Waals surface area (Å²) in [5.41, 5.74) is 0. The molecular weight excluding hydrogens is 281 g/mol. The van der Waals surface area contributed by atoms with E-state index in [1.165, 1.54) is 7.05 Å². The number of alkyl halides is 4. The first-order valence-electron chi connectivity index (χ1n) is 4.91. The normalized spacial score (nSPS) is 13.6. The van der Waals surface area contributed by atoms with Crippen molar-refractivity contribution in [3.05, 3.63) is 0 Å². The second kappa shape index (κ2) is 6.77. The molecule has 0 saturated heterocycles. The van der Waals surface area contributed by atoms with Crippen molar-refractivity contribution in [3.63, 3.8) is 0 Å². The number of hydrogen-bond acceptors (Lipinski definition) is 2. The molecule has 0 amide bonds. The molecule has 0 bridgehead atoms. The Labute approximate surface area is 105 Å². The average Bonchev–Trinajstić information content (AvgIpc) is 2.21. The van der Waals surface area contributed by atoms with Crippen LogP contribution in [-0.4, -0.2) is 56.3 Å². The van der Waals surface area contributed by atoms with Crippen LogP contribution >= 0.6 is 11.6 Å². The van der Waals surface area contributed by atoms with Gasteiger partial charge in [0.1, 0.15) is 0 Å². The van der Waals surface area contributed by atoms with Crippen LogP contribution in [0.25, 0.3) is 0 Å². The van der Waals surface area contributed by atoms with E-state index in [1.807, 2.05) is 0 Å². The fraction of sp³-hybridized carbons (Fsp3) is 1.00. The first-order valence-corrected chi connectivity index (χ1v) is 6.84. The van der Waals surface area contributed by atoms with Gasteiger partial charge < -0.3 is 0 Å².